The number of nitrogens with zero attached hydrogens (tertiary/aromatic N) is 2. The molecule has 0 saturated heterocycles. The van der Waals surface area contributed by atoms with Gasteiger partial charge in [0.2, 0.25) is 0 Å². The van der Waals surface area contributed by atoms with Crippen molar-refractivity contribution >= 4 is 11.9 Å². The van der Waals surface area contributed by atoms with E-state index in [1.54, 1.807) is 31.5 Å². The largest absolute Gasteiger partial charge is 0.478 e. The van der Waals surface area contributed by atoms with Crippen LogP contribution >= 0.6 is 0 Å². The van der Waals surface area contributed by atoms with E-state index in [1.165, 1.54) is 18.3 Å². The SMILES string of the molecule is C[C@@H](NC(=O)c1ncccc1C(=O)O)c1ccncc1. The molecular weight excluding hydrogens is 258 g/mol. The molecule has 0 fully saturated rings. The highest BCUT2D eigenvalue weighted by molar-refractivity contribution is 6.03. The molecule has 6 heteroatoms. The third-order valence-electron chi connectivity index (χ3n) is 2.81. The highest BCUT2D eigenvalue weighted by Crippen LogP contribution is 2.12. The van der Waals surface area contributed by atoms with Gasteiger partial charge >= 0.3 is 5.97 Å². The maximum atomic E-state index is 12.1. The predicted molar refractivity (Wildman–Crippen MR) is 71.3 cm³/mol. The number of amides is 1. The Morgan fingerprint density at radius 2 is 1.90 bits per heavy atom. The molecule has 2 N–H and O–H groups in total. The van der Waals surface area contributed by atoms with E-state index in [0.29, 0.717) is 0 Å². The Kier molecular flexibility index (Phi) is 4.05. The molecule has 102 valence electrons. The van der Waals surface area contributed by atoms with Crippen LogP contribution < -0.4 is 5.32 Å². The molecule has 0 radical (unpaired) electrons. The molecule has 6 nitrogen and oxygen atoms in total. The molecule has 20 heavy (non-hydrogen) atoms. The number of carbonyl (C=O) groups is 2. The van der Waals surface area contributed by atoms with Gasteiger partial charge < -0.3 is 10.4 Å². The Bertz CT molecular complexity index is 629. The van der Waals surface area contributed by atoms with E-state index in [2.05, 4.69) is 15.3 Å². The fourth-order valence-corrected chi connectivity index (χ4v) is 1.76. The first-order chi connectivity index (χ1) is 9.59. The minimum atomic E-state index is -1.18. The lowest BCUT2D eigenvalue weighted by Gasteiger charge is -2.14. The highest BCUT2D eigenvalue weighted by Gasteiger charge is 2.19. The maximum Gasteiger partial charge on any atom is 0.338 e. The molecule has 2 heterocycles. The quantitative estimate of drug-likeness (QED) is 0.882. The maximum absolute atomic E-state index is 12.1. The molecule has 2 rings (SSSR count). The summed E-state index contributed by atoms with van der Waals surface area (Å²) < 4.78 is 0. The summed E-state index contributed by atoms with van der Waals surface area (Å²) in [5.74, 6) is -1.70. The minimum Gasteiger partial charge on any atom is -0.478 e. The summed E-state index contributed by atoms with van der Waals surface area (Å²) in [5.41, 5.74) is 0.661. The topological polar surface area (TPSA) is 92.2 Å². The van der Waals surface area contributed by atoms with Gasteiger partial charge in [-0.2, -0.15) is 0 Å². The lowest BCUT2D eigenvalue weighted by Crippen LogP contribution is -2.29. The van der Waals surface area contributed by atoms with Crippen molar-refractivity contribution in [2.45, 2.75) is 13.0 Å². The third kappa shape index (κ3) is 2.97. The molecule has 2 aromatic heterocycles. The zero-order valence-electron chi connectivity index (χ0n) is 10.8. The van der Waals surface area contributed by atoms with Crippen molar-refractivity contribution in [3.8, 4) is 0 Å². The van der Waals surface area contributed by atoms with Crippen molar-refractivity contribution < 1.29 is 14.7 Å². The molecule has 0 unspecified atom stereocenters. The standard InChI is InChI=1S/C14H13N3O3/c1-9(10-4-7-15-8-5-10)17-13(18)12-11(14(19)20)3-2-6-16-12/h2-9H,1H3,(H,17,18)(H,19,20)/t9-/m1/s1. The minimum absolute atomic E-state index is 0.0964. The number of aromatic nitrogens is 2. The number of carbonyl (C=O) groups excluding carboxylic acids is 1. The summed E-state index contributed by atoms with van der Waals surface area (Å²) >= 11 is 0. The summed E-state index contributed by atoms with van der Waals surface area (Å²) in [6, 6.07) is 6.12. The van der Waals surface area contributed by atoms with Crippen LogP contribution in [0.4, 0.5) is 0 Å². The monoisotopic (exact) mass is 271 g/mol. The van der Waals surface area contributed by atoms with Crippen LogP contribution in [-0.4, -0.2) is 27.0 Å². The summed E-state index contributed by atoms with van der Waals surface area (Å²) in [5, 5.41) is 11.8. The Labute approximate surface area is 115 Å². The lowest BCUT2D eigenvalue weighted by molar-refractivity contribution is 0.0689. The van der Waals surface area contributed by atoms with Crippen molar-refractivity contribution in [1.29, 1.82) is 0 Å². The molecule has 0 aliphatic carbocycles. The second kappa shape index (κ2) is 5.92. The van der Waals surface area contributed by atoms with Crippen LogP contribution in [0.5, 0.6) is 0 Å². The number of rotatable bonds is 4. The van der Waals surface area contributed by atoms with Crippen LogP contribution in [0, 0.1) is 0 Å². The zero-order valence-corrected chi connectivity index (χ0v) is 10.8. The first kappa shape index (κ1) is 13.7. The van der Waals surface area contributed by atoms with Gasteiger partial charge in [0.05, 0.1) is 11.6 Å². The van der Waals surface area contributed by atoms with Crippen molar-refractivity contribution in [3.63, 3.8) is 0 Å². The summed E-state index contributed by atoms with van der Waals surface area (Å²) in [7, 11) is 0. The number of pyridine rings is 2. The Morgan fingerprint density at radius 3 is 2.55 bits per heavy atom. The molecule has 0 aliphatic heterocycles. The molecule has 0 aromatic carbocycles. The van der Waals surface area contributed by atoms with Gasteiger partial charge in [0.25, 0.3) is 5.91 Å². The van der Waals surface area contributed by atoms with Crippen molar-refractivity contribution in [3.05, 3.63) is 59.7 Å². The van der Waals surface area contributed by atoms with E-state index in [-0.39, 0.29) is 17.3 Å². The van der Waals surface area contributed by atoms with Crippen LogP contribution in [0.15, 0.2) is 42.9 Å². The fraction of sp³-hybridized carbons (Fsp3) is 0.143. The second-order valence-electron chi connectivity index (χ2n) is 4.18. The highest BCUT2D eigenvalue weighted by atomic mass is 16.4. The number of carboxylic acids is 1. The van der Waals surface area contributed by atoms with E-state index in [1.807, 2.05) is 0 Å². The van der Waals surface area contributed by atoms with Gasteiger partial charge in [0.15, 0.2) is 0 Å². The number of hydrogen-bond acceptors (Lipinski definition) is 4. The first-order valence-corrected chi connectivity index (χ1v) is 5.98. The van der Waals surface area contributed by atoms with E-state index >= 15 is 0 Å². The molecule has 0 saturated carbocycles. The molecule has 1 amide bonds. The first-order valence-electron chi connectivity index (χ1n) is 5.98. The third-order valence-corrected chi connectivity index (χ3v) is 2.81. The van der Waals surface area contributed by atoms with Gasteiger partial charge in [0.1, 0.15) is 5.69 Å². The fourth-order valence-electron chi connectivity index (χ4n) is 1.76. The summed E-state index contributed by atoms with van der Waals surface area (Å²) in [6.07, 6.45) is 4.64. The summed E-state index contributed by atoms with van der Waals surface area (Å²) in [6.45, 7) is 1.80. The zero-order chi connectivity index (χ0) is 14.5. The van der Waals surface area contributed by atoms with E-state index in [0.717, 1.165) is 5.56 Å². The Hall–Kier alpha value is -2.76. The van der Waals surface area contributed by atoms with Crippen LogP contribution in [0.3, 0.4) is 0 Å². The van der Waals surface area contributed by atoms with Crippen LogP contribution in [0.2, 0.25) is 0 Å². The van der Waals surface area contributed by atoms with E-state index in [4.69, 9.17) is 5.11 Å². The molecule has 0 spiro atoms. The normalized spacial score (nSPS) is 11.7. The number of aromatic carboxylic acids is 1. The predicted octanol–water partition coefficient (Wildman–Crippen LogP) is 1.67. The van der Waals surface area contributed by atoms with Crippen molar-refractivity contribution in [1.82, 2.24) is 15.3 Å². The number of nitrogens with one attached hydrogen (secondary N) is 1. The van der Waals surface area contributed by atoms with E-state index < -0.39 is 11.9 Å². The van der Waals surface area contributed by atoms with Gasteiger partial charge in [-0.15, -0.1) is 0 Å². The molecule has 1 atom stereocenters. The average molecular weight is 271 g/mol. The van der Waals surface area contributed by atoms with Gasteiger partial charge in [-0.1, -0.05) is 0 Å². The molecule has 0 bridgehead atoms. The average Bonchev–Trinajstić information content (AvgIpc) is 2.48. The van der Waals surface area contributed by atoms with Crippen LogP contribution in [0.25, 0.3) is 0 Å². The van der Waals surface area contributed by atoms with Crippen LogP contribution in [-0.2, 0) is 0 Å². The molecule has 2 aromatic rings. The summed E-state index contributed by atoms with van der Waals surface area (Å²) in [4.78, 5) is 30.9. The van der Waals surface area contributed by atoms with Crippen molar-refractivity contribution in [2.75, 3.05) is 0 Å². The van der Waals surface area contributed by atoms with Gasteiger partial charge in [-0.25, -0.2) is 4.79 Å². The number of hydrogen-bond donors (Lipinski definition) is 2. The van der Waals surface area contributed by atoms with Gasteiger partial charge in [-0.3, -0.25) is 14.8 Å². The molecular formula is C14H13N3O3. The van der Waals surface area contributed by atoms with E-state index in [9.17, 15) is 9.59 Å². The van der Waals surface area contributed by atoms with Gasteiger partial charge in [-0.05, 0) is 36.8 Å². The Morgan fingerprint density at radius 1 is 1.20 bits per heavy atom. The number of carboxylic acid groups (broad SMARTS) is 1. The van der Waals surface area contributed by atoms with Crippen molar-refractivity contribution in [2.24, 2.45) is 0 Å². The van der Waals surface area contributed by atoms with Gasteiger partial charge in [0, 0.05) is 18.6 Å². The second-order valence-corrected chi connectivity index (χ2v) is 4.18. The Balaban J connectivity index is 2.19. The smallest absolute Gasteiger partial charge is 0.338 e. The molecule has 0 aliphatic rings. The van der Waals surface area contributed by atoms with Crippen LogP contribution in [0.1, 0.15) is 39.4 Å². The lowest BCUT2D eigenvalue weighted by atomic mass is 10.1.